The Bertz CT molecular complexity index is 728. The van der Waals surface area contributed by atoms with Crippen molar-refractivity contribution in [1.82, 2.24) is 9.21 Å². The summed E-state index contributed by atoms with van der Waals surface area (Å²) in [4.78, 5) is 26.1. The minimum atomic E-state index is -3.53. The molecular weight excluding hydrogens is 368 g/mol. The van der Waals surface area contributed by atoms with Crippen LogP contribution in [0, 0.1) is 5.92 Å². The Hall–Kier alpha value is -1.93. The highest BCUT2D eigenvalue weighted by Gasteiger charge is 2.28. The predicted octanol–water partition coefficient (Wildman–Crippen LogP) is 1.89. The van der Waals surface area contributed by atoms with Crippen molar-refractivity contribution < 1.29 is 22.7 Å². The molecule has 0 radical (unpaired) electrons. The molecule has 0 bridgehead atoms. The zero-order valence-corrected chi connectivity index (χ0v) is 16.8. The molecule has 1 amide bonds. The van der Waals surface area contributed by atoms with Crippen LogP contribution in [0.4, 0.5) is 0 Å². The lowest BCUT2D eigenvalue weighted by molar-refractivity contribution is -0.151. The van der Waals surface area contributed by atoms with E-state index < -0.39 is 10.0 Å². The summed E-state index contributed by atoms with van der Waals surface area (Å²) in [6, 6.07) is 8.26. The Balaban J connectivity index is 1.76. The van der Waals surface area contributed by atoms with Crippen molar-refractivity contribution >= 4 is 21.9 Å². The molecule has 27 heavy (non-hydrogen) atoms. The summed E-state index contributed by atoms with van der Waals surface area (Å²) < 4.78 is 31.2. The normalized spacial score (nSPS) is 15.7. The van der Waals surface area contributed by atoms with Gasteiger partial charge in [0.2, 0.25) is 15.9 Å². The van der Waals surface area contributed by atoms with Crippen LogP contribution in [0.3, 0.4) is 0 Å². The summed E-state index contributed by atoms with van der Waals surface area (Å²) in [6.45, 7) is 3.52. The molecule has 1 saturated heterocycles. The first-order valence-corrected chi connectivity index (χ1v) is 10.8. The summed E-state index contributed by atoms with van der Waals surface area (Å²) in [5.41, 5.74) is 0. The van der Waals surface area contributed by atoms with Gasteiger partial charge in [-0.05, 0) is 38.3 Å². The fraction of sp³-hybridized carbons (Fsp3) is 0.579. The Labute approximate surface area is 161 Å². The predicted molar refractivity (Wildman–Crippen MR) is 101 cm³/mol. The molecule has 1 fully saturated rings. The number of hydrogen-bond acceptors (Lipinski definition) is 5. The number of likely N-dealkylation sites (tertiary alicyclic amines) is 1. The quantitative estimate of drug-likeness (QED) is 0.627. The van der Waals surface area contributed by atoms with Gasteiger partial charge in [0.15, 0.2) is 0 Å². The van der Waals surface area contributed by atoms with Crippen LogP contribution in [0.25, 0.3) is 0 Å². The second kappa shape index (κ2) is 9.85. The monoisotopic (exact) mass is 396 g/mol. The Morgan fingerprint density at radius 3 is 2.41 bits per heavy atom. The SMILES string of the molecule is CCOC(=O)C1CCN(C(=O)CCCN(C)S(=O)(=O)c2ccccc2)CC1. The number of benzene rings is 1. The Morgan fingerprint density at radius 1 is 1.19 bits per heavy atom. The van der Waals surface area contributed by atoms with Gasteiger partial charge >= 0.3 is 5.97 Å². The number of carbonyl (C=O) groups excluding carboxylic acids is 2. The molecule has 0 aliphatic carbocycles. The topological polar surface area (TPSA) is 84.0 Å². The summed E-state index contributed by atoms with van der Waals surface area (Å²) in [7, 11) is -2.00. The van der Waals surface area contributed by atoms with Gasteiger partial charge in [0.05, 0.1) is 17.4 Å². The van der Waals surface area contributed by atoms with Crippen LogP contribution >= 0.6 is 0 Å². The molecule has 0 saturated carbocycles. The van der Waals surface area contributed by atoms with Gasteiger partial charge in [0.25, 0.3) is 0 Å². The second-order valence-electron chi connectivity index (χ2n) is 6.65. The van der Waals surface area contributed by atoms with Crippen LogP contribution in [0.2, 0.25) is 0 Å². The van der Waals surface area contributed by atoms with Crippen LogP contribution in [0.15, 0.2) is 35.2 Å². The van der Waals surface area contributed by atoms with E-state index in [1.54, 1.807) is 42.2 Å². The molecule has 0 atom stereocenters. The molecule has 7 nitrogen and oxygen atoms in total. The lowest BCUT2D eigenvalue weighted by atomic mass is 9.97. The third-order valence-electron chi connectivity index (χ3n) is 4.78. The lowest BCUT2D eigenvalue weighted by Crippen LogP contribution is -2.40. The summed E-state index contributed by atoms with van der Waals surface area (Å²) in [5.74, 6) is -0.309. The summed E-state index contributed by atoms with van der Waals surface area (Å²) in [5, 5.41) is 0. The fourth-order valence-electron chi connectivity index (χ4n) is 3.13. The van der Waals surface area contributed by atoms with Gasteiger partial charge in [-0.3, -0.25) is 9.59 Å². The van der Waals surface area contributed by atoms with Crippen molar-refractivity contribution in [1.29, 1.82) is 0 Å². The molecule has 0 unspecified atom stereocenters. The van der Waals surface area contributed by atoms with Gasteiger partial charge in [-0.2, -0.15) is 0 Å². The maximum Gasteiger partial charge on any atom is 0.309 e. The minimum Gasteiger partial charge on any atom is -0.466 e. The lowest BCUT2D eigenvalue weighted by Gasteiger charge is -2.31. The van der Waals surface area contributed by atoms with E-state index in [0.717, 1.165) is 0 Å². The molecule has 1 aromatic carbocycles. The highest BCUT2D eigenvalue weighted by Crippen LogP contribution is 2.20. The summed E-state index contributed by atoms with van der Waals surface area (Å²) in [6.07, 6.45) is 1.98. The van der Waals surface area contributed by atoms with Gasteiger partial charge in [-0.15, -0.1) is 0 Å². The molecule has 0 spiro atoms. The number of hydrogen-bond donors (Lipinski definition) is 0. The van der Waals surface area contributed by atoms with E-state index in [4.69, 9.17) is 4.74 Å². The molecule has 1 aliphatic heterocycles. The molecule has 0 aromatic heterocycles. The van der Waals surface area contributed by atoms with Crippen LogP contribution in [-0.2, 0) is 24.3 Å². The van der Waals surface area contributed by atoms with Gasteiger partial charge in [0.1, 0.15) is 0 Å². The van der Waals surface area contributed by atoms with Gasteiger partial charge in [0, 0.05) is 33.1 Å². The number of piperidine rings is 1. The molecule has 1 aliphatic rings. The molecule has 2 rings (SSSR count). The molecular formula is C19H28N2O5S. The van der Waals surface area contributed by atoms with E-state index in [-0.39, 0.29) is 29.2 Å². The molecule has 1 heterocycles. The van der Waals surface area contributed by atoms with Crippen molar-refractivity contribution in [2.75, 3.05) is 33.3 Å². The van der Waals surface area contributed by atoms with E-state index in [9.17, 15) is 18.0 Å². The average Bonchev–Trinajstić information content (AvgIpc) is 2.68. The smallest absolute Gasteiger partial charge is 0.309 e. The van der Waals surface area contributed by atoms with Crippen LogP contribution < -0.4 is 0 Å². The Morgan fingerprint density at radius 2 is 1.81 bits per heavy atom. The molecule has 1 aromatic rings. The van der Waals surface area contributed by atoms with E-state index in [1.807, 2.05) is 0 Å². The van der Waals surface area contributed by atoms with Crippen molar-refractivity contribution in [3.63, 3.8) is 0 Å². The van der Waals surface area contributed by atoms with Crippen molar-refractivity contribution in [2.24, 2.45) is 5.92 Å². The van der Waals surface area contributed by atoms with E-state index >= 15 is 0 Å². The summed E-state index contributed by atoms with van der Waals surface area (Å²) >= 11 is 0. The number of rotatable bonds is 8. The van der Waals surface area contributed by atoms with Crippen LogP contribution in [0.1, 0.15) is 32.6 Å². The highest BCUT2D eigenvalue weighted by atomic mass is 32.2. The van der Waals surface area contributed by atoms with Crippen LogP contribution in [0.5, 0.6) is 0 Å². The molecule has 8 heteroatoms. The third kappa shape index (κ3) is 5.77. The highest BCUT2D eigenvalue weighted by molar-refractivity contribution is 7.89. The zero-order valence-electron chi connectivity index (χ0n) is 16.0. The van der Waals surface area contributed by atoms with E-state index in [0.29, 0.717) is 45.4 Å². The Kier molecular flexibility index (Phi) is 7.79. The number of ether oxygens (including phenoxy) is 1. The largest absolute Gasteiger partial charge is 0.466 e. The first-order valence-electron chi connectivity index (χ1n) is 9.32. The third-order valence-corrected chi connectivity index (χ3v) is 6.65. The maximum atomic E-state index is 12.4. The first kappa shape index (κ1) is 21.4. The number of nitrogens with zero attached hydrogens (tertiary/aromatic N) is 2. The fourth-order valence-corrected chi connectivity index (χ4v) is 4.36. The standard InChI is InChI=1S/C19H28N2O5S/c1-3-26-19(23)16-11-14-21(15-12-16)18(22)10-7-13-20(2)27(24,25)17-8-5-4-6-9-17/h4-6,8-9,16H,3,7,10-15H2,1-2H3. The van der Waals surface area contributed by atoms with E-state index in [2.05, 4.69) is 0 Å². The molecule has 150 valence electrons. The molecule has 0 N–H and O–H groups in total. The van der Waals surface area contributed by atoms with Crippen LogP contribution in [-0.4, -0.2) is 62.8 Å². The number of amides is 1. The first-order chi connectivity index (χ1) is 12.9. The second-order valence-corrected chi connectivity index (χ2v) is 8.70. The number of sulfonamides is 1. The van der Waals surface area contributed by atoms with E-state index in [1.165, 1.54) is 11.4 Å². The van der Waals surface area contributed by atoms with Crippen molar-refractivity contribution in [3.05, 3.63) is 30.3 Å². The van der Waals surface area contributed by atoms with Gasteiger partial charge in [-0.25, -0.2) is 12.7 Å². The van der Waals surface area contributed by atoms with Crippen molar-refractivity contribution in [3.8, 4) is 0 Å². The maximum absolute atomic E-state index is 12.4. The van der Waals surface area contributed by atoms with Gasteiger partial charge < -0.3 is 9.64 Å². The minimum absolute atomic E-state index is 0.00261. The zero-order chi connectivity index (χ0) is 19.9. The number of carbonyl (C=O) groups is 2. The average molecular weight is 397 g/mol. The van der Waals surface area contributed by atoms with Crippen molar-refractivity contribution in [2.45, 2.75) is 37.5 Å². The van der Waals surface area contributed by atoms with Gasteiger partial charge in [-0.1, -0.05) is 18.2 Å². The number of esters is 1.